The van der Waals surface area contributed by atoms with Crippen molar-refractivity contribution in [3.8, 4) is 11.5 Å². The Morgan fingerprint density at radius 1 is 1.40 bits per heavy atom. The maximum Gasteiger partial charge on any atom is 0.239 e. The fourth-order valence-electron chi connectivity index (χ4n) is 2.22. The Morgan fingerprint density at radius 2 is 2.10 bits per heavy atom. The van der Waals surface area contributed by atoms with Gasteiger partial charge >= 0.3 is 0 Å². The van der Waals surface area contributed by atoms with Crippen LogP contribution in [0.4, 0.5) is 0 Å². The van der Waals surface area contributed by atoms with Crippen molar-refractivity contribution in [3.63, 3.8) is 0 Å². The number of hydrogen-bond donors (Lipinski definition) is 1. The summed E-state index contributed by atoms with van der Waals surface area (Å²) in [5.41, 5.74) is 6.67. The number of carbonyl (C=O) groups excluding carboxylic acids is 1. The molecule has 1 aromatic rings. The monoisotopic (exact) mass is 278 g/mol. The predicted molar refractivity (Wildman–Crippen MR) is 76.8 cm³/mol. The third-order valence-electron chi connectivity index (χ3n) is 3.49. The lowest BCUT2D eigenvalue weighted by atomic mass is 10.1. The fraction of sp³-hybridized carbons (Fsp3) is 0.533. The largest absolute Gasteiger partial charge is 0.497 e. The second-order valence-corrected chi connectivity index (χ2v) is 5.16. The van der Waals surface area contributed by atoms with Gasteiger partial charge in [0.15, 0.2) is 0 Å². The molecule has 0 saturated heterocycles. The van der Waals surface area contributed by atoms with E-state index in [0.717, 1.165) is 29.9 Å². The van der Waals surface area contributed by atoms with Gasteiger partial charge in [-0.15, -0.1) is 0 Å². The van der Waals surface area contributed by atoms with Crippen molar-refractivity contribution >= 4 is 5.91 Å². The Bertz CT molecular complexity index is 484. The van der Waals surface area contributed by atoms with Crippen LogP contribution in [-0.2, 0) is 11.3 Å². The molecule has 5 heteroatoms. The van der Waals surface area contributed by atoms with Crippen LogP contribution in [0.1, 0.15) is 25.3 Å². The van der Waals surface area contributed by atoms with Crippen LogP contribution in [0.3, 0.4) is 0 Å². The molecule has 0 aliphatic heterocycles. The molecule has 0 spiro atoms. The van der Waals surface area contributed by atoms with Crippen LogP contribution in [-0.4, -0.2) is 37.1 Å². The van der Waals surface area contributed by atoms with Gasteiger partial charge in [0.2, 0.25) is 5.91 Å². The molecular weight excluding hydrogens is 256 g/mol. The second kappa shape index (κ2) is 6.13. The summed E-state index contributed by atoms with van der Waals surface area (Å²) in [6, 6.07) is 5.44. The van der Waals surface area contributed by atoms with Crippen molar-refractivity contribution in [2.45, 2.75) is 38.4 Å². The van der Waals surface area contributed by atoms with E-state index in [4.69, 9.17) is 15.2 Å². The van der Waals surface area contributed by atoms with Crippen molar-refractivity contribution in [1.82, 2.24) is 4.90 Å². The Kier molecular flexibility index (Phi) is 4.49. The van der Waals surface area contributed by atoms with Gasteiger partial charge in [-0.1, -0.05) is 0 Å². The van der Waals surface area contributed by atoms with E-state index in [2.05, 4.69) is 0 Å². The van der Waals surface area contributed by atoms with Crippen LogP contribution in [0.2, 0.25) is 0 Å². The Morgan fingerprint density at radius 3 is 2.60 bits per heavy atom. The summed E-state index contributed by atoms with van der Waals surface area (Å²) in [6.07, 6.45) is 2.09. The maximum atomic E-state index is 12.2. The molecule has 0 bridgehead atoms. The van der Waals surface area contributed by atoms with E-state index in [-0.39, 0.29) is 5.91 Å². The van der Waals surface area contributed by atoms with E-state index in [1.165, 1.54) is 0 Å². The van der Waals surface area contributed by atoms with Gasteiger partial charge in [0.05, 0.1) is 20.3 Å². The fourth-order valence-corrected chi connectivity index (χ4v) is 2.22. The number of carbonyl (C=O) groups is 1. The molecule has 0 radical (unpaired) electrons. The van der Waals surface area contributed by atoms with Gasteiger partial charge in [0.1, 0.15) is 11.5 Å². The summed E-state index contributed by atoms with van der Waals surface area (Å²) < 4.78 is 10.6. The summed E-state index contributed by atoms with van der Waals surface area (Å²) in [5, 5.41) is 0. The molecule has 1 aliphatic rings. The molecule has 1 atom stereocenters. The van der Waals surface area contributed by atoms with Gasteiger partial charge in [-0.2, -0.15) is 0 Å². The number of nitrogens with zero attached hydrogens (tertiary/aromatic N) is 1. The highest BCUT2D eigenvalue weighted by Crippen LogP contribution is 2.32. The first kappa shape index (κ1) is 14.7. The first-order valence-corrected chi connectivity index (χ1v) is 6.83. The molecule has 1 amide bonds. The van der Waals surface area contributed by atoms with E-state index >= 15 is 0 Å². The minimum absolute atomic E-state index is 0.0163. The normalized spacial score (nSPS) is 15.6. The molecule has 2 N–H and O–H groups in total. The number of benzene rings is 1. The quantitative estimate of drug-likeness (QED) is 0.857. The molecule has 2 rings (SSSR count). The van der Waals surface area contributed by atoms with Crippen molar-refractivity contribution < 1.29 is 14.3 Å². The van der Waals surface area contributed by atoms with Crippen LogP contribution in [0.15, 0.2) is 18.2 Å². The summed E-state index contributed by atoms with van der Waals surface area (Å²) in [6.45, 7) is 2.23. The molecule has 1 aliphatic carbocycles. The zero-order valence-electron chi connectivity index (χ0n) is 12.3. The summed E-state index contributed by atoms with van der Waals surface area (Å²) >= 11 is 0. The van der Waals surface area contributed by atoms with Crippen molar-refractivity contribution in [2.24, 2.45) is 5.73 Å². The minimum atomic E-state index is -0.479. The van der Waals surface area contributed by atoms with Gasteiger partial charge in [0.25, 0.3) is 0 Å². The number of methoxy groups -OCH3 is 2. The lowest BCUT2D eigenvalue weighted by molar-refractivity contribution is -0.133. The highest BCUT2D eigenvalue weighted by atomic mass is 16.5. The Hall–Kier alpha value is -1.75. The molecule has 1 saturated carbocycles. The van der Waals surface area contributed by atoms with Gasteiger partial charge in [0, 0.05) is 18.2 Å². The van der Waals surface area contributed by atoms with Crippen LogP contribution < -0.4 is 15.2 Å². The van der Waals surface area contributed by atoms with Crippen molar-refractivity contribution in [3.05, 3.63) is 23.8 Å². The number of nitrogens with two attached hydrogens (primary N) is 1. The molecule has 1 fully saturated rings. The molecular formula is C15H22N2O3. The van der Waals surface area contributed by atoms with E-state index in [9.17, 15) is 4.79 Å². The molecule has 0 aromatic heterocycles. The van der Waals surface area contributed by atoms with Crippen LogP contribution in [0, 0.1) is 0 Å². The summed E-state index contributed by atoms with van der Waals surface area (Å²) in [7, 11) is 3.25. The molecule has 0 heterocycles. The number of hydrogen-bond acceptors (Lipinski definition) is 4. The molecule has 110 valence electrons. The van der Waals surface area contributed by atoms with Gasteiger partial charge < -0.3 is 20.1 Å². The number of rotatable bonds is 6. The number of amides is 1. The first-order valence-electron chi connectivity index (χ1n) is 6.83. The average Bonchev–Trinajstić information content (AvgIpc) is 3.28. The lowest BCUT2D eigenvalue weighted by Gasteiger charge is -2.25. The van der Waals surface area contributed by atoms with E-state index in [1.54, 1.807) is 21.1 Å². The van der Waals surface area contributed by atoms with E-state index in [0.29, 0.717) is 12.6 Å². The predicted octanol–water partition coefficient (Wildman–Crippen LogP) is 1.54. The highest BCUT2D eigenvalue weighted by molar-refractivity contribution is 5.81. The first-order chi connectivity index (χ1) is 9.56. The maximum absolute atomic E-state index is 12.2. The van der Waals surface area contributed by atoms with Gasteiger partial charge in [-0.3, -0.25) is 4.79 Å². The van der Waals surface area contributed by atoms with Crippen LogP contribution >= 0.6 is 0 Å². The zero-order chi connectivity index (χ0) is 14.7. The lowest BCUT2D eigenvalue weighted by Crippen LogP contribution is -2.42. The van der Waals surface area contributed by atoms with Gasteiger partial charge in [-0.05, 0) is 38.0 Å². The summed E-state index contributed by atoms with van der Waals surface area (Å²) in [5.74, 6) is 1.50. The smallest absolute Gasteiger partial charge is 0.239 e. The SMILES string of the molecule is COc1ccc(OC)c(CN(C(=O)[C@@H](C)N)C2CC2)c1. The third-order valence-corrected chi connectivity index (χ3v) is 3.49. The highest BCUT2D eigenvalue weighted by Gasteiger charge is 2.34. The molecule has 20 heavy (non-hydrogen) atoms. The molecule has 1 aromatic carbocycles. The standard InChI is InChI=1S/C15H22N2O3/c1-10(16)15(18)17(12-4-5-12)9-11-8-13(19-2)6-7-14(11)20-3/h6-8,10,12H,4-5,9,16H2,1-3H3/t10-/m1/s1. The second-order valence-electron chi connectivity index (χ2n) is 5.16. The number of ether oxygens (including phenoxy) is 2. The van der Waals surface area contributed by atoms with Gasteiger partial charge in [-0.25, -0.2) is 0 Å². The van der Waals surface area contributed by atoms with Crippen LogP contribution in [0.5, 0.6) is 11.5 Å². The zero-order valence-corrected chi connectivity index (χ0v) is 12.3. The van der Waals surface area contributed by atoms with Crippen LogP contribution in [0.25, 0.3) is 0 Å². The average molecular weight is 278 g/mol. The molecule has 5 nitrogen and oxygen atoms in total. The Balaban J connectivity index is 2.23. The van der Waals surface area contributed by atoms with E-state index in [1.807, 2.05) is 23.1 Å². The summed E-state index contributed by atoms with van der Waals surface area (Å²) in [4.78, 5) is 14.1. The van der Waals surface area contributed by atoms with Crippen molar-refractivity contribution in [2.75, 3.05) is 14.2 Å². The minimum Gasteiger partial charge on any atom is -0.497 e. The Labute approximate surface area is 119 Å². The molecule has 0 unspecified atom stereocenters. The third kappa shape index (κ3) is 3.22. The topological polar surface area (TPSA) is 64.8 Å². The van der Waals surface area contributed by atoms with E-state index < -0.39 is 6.04 Å². The van der Waals surface area contributed by atoms with Crippen molar-refractivity contribution in [1.29, 1.82) is 0 Å².